The van der Waals surface area contributed by atoms with E-state index >= 15 is 0 Å². The Bertz CT molecular complexity index is 630. The molecule has 0 atom stereocenters. The Morgan fingerprint density at radius 3 is 2.14 bits per heavy atom. The number of aryl methyl sites for hydroxylation is 1. The second-order valence-electron chi connectivity index (χ2n) is 5.09. The van der Waals surface area contributed by atoms with E-state index in [9.17, 15) is 0 Å². The molecule has 0 fully saturated rings. The van der Waals surface area contributed by atoms with Crippen molar-refractivity contribution in [3.05, 3.63) is 77.9 Å². The van der Waals surface area contributed by atoms with Gasteiger partial charge in [0.05, 0.1) is 0 Å². The number of hydrogen-bond acceptors (Lipinski definition) is 0. The largest absolute Gasteiger partial charge is 0.0836 e. The molecule has 2 aromatic rings. The zero-order valence-corrected chi connectivity index (χ0v) is 11.3. The minimum Gasteiger partial charge on any atom is -0.0836 e. The average Bonchev–Trinajstić information content (AvgIpc) is 2.48. The average molecular weight is 278 g/mol. The van der Waals surface area contributed by atoms with E-state index in [2.05, 4.69) is 73.7 Å². The molecule has 0 aromatic heterocycles. The highest BCUT2D eigenvalue weighted by Crippen LogP contribution is 2.28. The van der Waals surface area contributed by atoms with E-state index < -0.39 is 0 Å². The second-order valence-corrected chi connectivity index (χ2v) is 5.09. The van der Waals surface area contributed by atoms with Crippen LogP contribution in [0.3, 0.4) is 0 Å². The molecule has 1 aliphatic carbocycles. The topological polar surface area (TPSA) is 0 Å². The van der Waals surface area contributed by atoms with Gasteiger partial charge >= 0.3 is 0 Å². The van der Waals surface area contributed by atoms with Crippen LogP contribution in [-0.4, -0.2) is 0 Å². The van der Waals surface area contributed by atoms with Crippen LogP contribution in [0.1, 0.15) is 38.8 Å². The predicted molar refractivity (Wildman–Crippen MR) is 96.4 cm³/mol. The van der Waals surface area contributed by atoms with Gasteiger partial charge in [-0.3, -0.25) is 0 Å². The minimum atomic E-state index is 0. The fourth-order valence-electron chi connectivity index (χ4n) is 2.57. The smallest absolute Gasteiger partial charge is 0.0175 e. The highest BCUT2D eigenvalue weighted by molar-refractivity contribution is 5.79. The summed E-state index contributed by atoms with van der Waals surface area (Å²) in [6.45, 7) is 2.17. The molecule has 3 rings (SSSR count). The maximum absolute atomic E-state index is 2.34. The van der Waals surface area contributed by atoms with E-state index in [1.54, 1.807) is 0 Å². The zero-order valence-electron chi connectivity index (χ0n) is 11.3. The first kappa shape index (κ1) is 17.0. The predicted octanol–water partition coefficient (Wildman–Crippen LogP) is 6.67. The zero-order chi connectivity index (χ0) is 13.1. The van der Waals surface area contributed by atoms with E-state index in [1.165, 1.54) is 34.2 Å². The van der Waals surface area contributed by atoms with Gasteiger partial charge in [-0.25, -0.2) is 0 Å². The molecule has 0 aliphatic heterocycles. The lowest BCUT2D eigenvalue weighted by Gasteiger charge is -2.11. The van der Waals surface area contributed by atoms with Crippen molar-refractivity contribution < 1.29 is 0 Å². The molecule has 110 valence electrons. The van der Waals surface area contributed by atoms with Crippen molar-refractivity contribution >= 4 is 5.57 Å². The molecule has 0 N–H and O–H groups in total. The quantitative estimate of drug-likeness (QED) is 0.575. The first-order valence-electron chi connectivity index (χ1n) is 6.87. The van der Waals surface area contributed by atoms with E-state index in [0.717, 1.165) is 6.42 Å². The minimum absolute atomic E-state index is 0. The molecule has 0 nitrogen and oxygen atoms in total. The van der Waals surface area contributed by atoms with Crippen molar-refractivity contribution in [2.75, 3.05) is 0 Å². The number of benzene rings is 2. The number of rotatable bonds is 2. The van der Waals surface area contributed by atoms with Crippen LogP contribution in [-0.2, 0) is 0 Å². The Balaban J connectivity index is 0.00000110. The maximum atomic E-state index is 2.34. The number of hydrogen-bond donors (Lipinski definition) is 0. The van der Waals surface area contributed by atoms with Crippen LogP contribution in [0.4, 0.5) is 0 Å². The molecule has 1 aliphatic rings. The van der Waals surface area contributed by atoms with E-state index in [1.807, 2.05) is 0 Å². The van der Waals surface area contributed by atoms with Gasteiger partial charge in [-0.1, -0.05) is 75.5 Å². The van der Waals surface area contributed by atoms with Crippen molar-refractivity contribution in [3.8, 4) is 11.1 Å². The highest BCUT2D eigenvalue weighted by Gasteiger charge is 2.05. The highest BCUT2D eigenvalue weighted by atomic mass is 14.1. The van der Waals surface area contributed by atoms with E-state index in [0.29, 0.717) is 0 Å². The Morgan fingerprint density at radius 1 is 0.762 bits per heavy atom. The van der Waals surface area contributed by atoms with Gasteiger partial charge in [-0.15, -0.1) is 0 Å². The SMILES string of the molecule is C.C.Cc1cc(C2=CCCC=C2)cc(-c2ccccc2)c1. The molecule has 0 heterocycles. The molecule has 0 spiro atoms. The van der Waals surface area contributed by atoms with Crippen LogP contribution in [0.25, 0.3) is 16.7 Å². The lowest BCUT2D eigenvalue weighted by atomic mass is 9.94. The summed E-state index contributed by atoms with van der Waals surface area (Å²) < 4.78 is 0. The Kier molecular flexibility index (Phi) is 6.17. The molecular weight excluding hydrogens is 252 g/mol. The molecular formula is C21H26. The molecule has 2 aromatic carbocycles. The van der Waals surface area contributed by atoms with Crippen LogP contribution < -0.4 is 0 Å². The summed E-state index contributed by atoms with van der Waals surface area (Å²) in [5.74, 6) is 0. The second kappa shape index (κ2) is 7.64. The van der Waals surface area contributed by atoms with Gasteiger partial charge in [0.15, 0.2) is 0 Å². The summed E-state index contributed by atoms with van der Waals surface area (Å²) in [7, 11) is 0. The normalized spacial score (nSPS) is 12.9. The standard InChI is InChI=1S/C19H18.2CH4/c1-15-12-18(16-8-4-2-5-9-16)14-19(13-15)17-10-6-3-7-11-17;;/h2,4-6,8-14H,3,7H2,1H3;2*1H4. The Labute approximate surface area is 129 Å². The monoisotopic (exact) mass is 278 g/mol. The van der Waals surface area contributed by atoms with Gasteiger partial charge in [0.25, 0.3) is 0 Å². The van der Waals surface area contributed by atoms with E-state index in [4.69, 9.17) is 0 Å². The van der Waals surface area contributed by atoms with Crippen molar-refractivity contribution in [2.45, 2.75) is 34.6 Å². The van der Waals surface area contributed by atoms with Crippen LogP contribution in [0.5, 0.6) is 0 Å². The summed E-state index contributed by atoms with van der Waals surface area (Å²) in [5.41, 5.74) is 6.58. The first-order valence-corrected chi connectivity index (χ1v) is 6.87. The van der Waals surface area contributed by atoms with E-state index in [-0.39, 0.29) is 14.9 Å². The van der Waals surface area contributed by atoms with Gasteiger partial charge in [0, 0.05) is 0 Å². The van der Waals surface area contributed by atoms with Crippen LogP contribution in [0, 0.1) is 6.92 Å². The third-order valence-corrected chi connectivity index (χ3v) is 3.51. The summed E-state index contributed by atoms with van der Waals surface area (Å²) >= 11 is 0. The third-order valence-electron chi connectivity index (χ3n) is 3.51. The summed E-state index contributed by atoms with van der Waals surface area (Å²) in [6.07, 6.45) is 9.16. The maximum Gasteiger partial charge on any atom is -0.0175 e. The van der Waals surface area contributed by atoms with Crippen molar-refractivity contribution in [3.63, 3.8) is 0 Å². The fraction of sp³-hybridized carbons (Fsp3) is 0.238. The summed E-state index contributed by atoms with van der Waals surface area (Å²) in [5, 5.41) is 0. The van der Waals surface area contributed by atoms with Gasteiger partial charge in [0.1, 0.15) is 0 Å². The van der Waals surface area contributed by atoms with Crippen LogP contribution in [0.15, 0.2) is 66.8 Å². The van der Waals surface area contributed by atoms with Gasteiger partial charge in [0.2, 0.25) is 0 Å². The lowest BCUT2D eigenvalue weighted by Crippen LogP contribution is -1.89. The van der Waals surface area contributed by atoms with Crippen LogP contribution >= 0.6 is 0 Å². The van der Waals surface area contributed by atoms with Gasteiger partial charge in [-0.05, 0) is 53.7 Å². The molecule has 0 saturated heterocycles. The van der Waals surface area contributed by atoms with Gasteiger partial charge < -0.3 is 0 Å². The van der Waals surface area contributed by atoms with Crippen LogP contribution in [0.2, 0.25) is 0 Å². The Hall–Kier alpha value is -2.08. The lowest BCUT2D eigenvalue weighted by molar-refractivity contribution is 1.04. The Morgan fingerprint density at radius 2 is 1.48 bits per heavy atom. The van der Waals surface area contributed by atoms with Gasteiger partial charge in [-0.2, -0.15) is 0 Å². The van der Waals surface area contributed by atoms with Crippen molar-refractivity contribution in [2.24, 2.45) is 0 Å². The van der Waals surface area contributed by atoms with Crippen molar-refractivity contribution in [1.82, 2.24) is 0 Å². The molecule has 21 heavy (non-hydrogen) atoms. The summed E-state index contributed by atoms with van der Waals surface area (Å²) in [6, 6.07) is 17.4. The fourth-order valence-corrected chi connectivity index (χ4v) is 2.57. The molecule has 0 unspecified atom stereocenters. The molecule has 0 heteroatoms. The number of allylic oxidation sites excluding steroid dienone is 4. The summed E-state index contributed by atoms with van der Waals surface area (Å²) in [4.78, 5) is 0. The molecule has 0 saturated carbocycles. The first-order chi connectivity index (χ1) is 9.33. The molecule has 0 amide bonds. The van der Waals surface area contributed by atoms with Crippen molar-refractivity contribution in [1.29, 1.82) is 0 Å². The molecule has 0 bridgehead atoms. The third kappa shape index (κ3) is 3.95. The molecule has 0 radical (unpaired) electrons.